The molecule has 0 unspecified atom stereocenters. The Kier molecular flexibility index (Phi) is 6.19. The molecule has 2 N–H and O–H groups in total. The second-order valence-corrected chi connectivity index (χ2v) is 5.30. The first kappa shape index (κ1) is 15.3. The highest BCUT2D eigenvalue weighted by molar-refractivity contribution is 5.82. The van der Waals surface area contributed by atoms with Gasteiger partial charge in [0.25, 0.3) is 0 Å². The quantitative estimate of drug-likeness (QED) is 0.793. The number of hydrogen-bond donors (Lipinski definition) is 2. The van der Waals surface area contributed by atoms with Crippen molar-refractivity contribution >= 4 is 17.3 Å². The zero-order chi connectivity index (χ0) is 14.3. The Morgan fingerprint density at radius 2 is 1.95 bits per heavy atom. The van der Waals surface area contributed by atoms with Crippen LogP contribution in [0.1, 0.15) is 20.3 Å². The lowest BCUT2D eigenvalue weighted by molar-refractivity contribution is -0.119. The van der Waals surface area contributed by atoms with E-state index < -0.39 is 0 Å². The van der Waals surface area contributed by atoms with Crippen molar-refractivity contribution in [1.82, 2.24) is 5.32 Å². The van der Waals surface area contributed by atoms with E-state index in [-0.39, 0.29) is 5.91 Å². The van der Waals surface area contributed by atoms with Crippen LogP contribution in [0.5, 0.6) is 0 Å². The summed E-state index contributed by atoms with van der Waals surface area (Å²) in [6.07, 6.45) is 1.01. The molecule has 0 aromatic heterocycles. The fourth-order valence-corrected chi connectivity index (χ4v) is 1.75. The van der Waals surface area contributed by atoms with Crippen LogP contribution in [0.25, 0.3) is 0 Å². The molecule has 0 saturated carbocycles. The number of anilines is 2. The molecule has 0 saturated heterocycles. The zero-order valence-electron chi connectivity index (χ0n) is 12.4. The molecule has 4 heteroatoms. The van der Waals surface area contributed by atoms with Crippen LogP contribution in [-0.4, -0.2) is 33.1 Å². The maximum absolute atomic E-state index is 11.7. The third-order valence-corrected chi connectivity index (χ3v) is 2.87. The molecule has 1 aromatic carbocycles. The highest BCUT2D eigenvalue weighted by Gasteiger charge is 2.05. The summed E-state index contributed by atoms with van der Waals surface area (Å²) in [5, 5.41) is 6.10. The fourth-order valence-electron chi connectivity index (χ4n) is 1.75. The van der Waals surface area contributed by atoms with E-state index in [0.29, 0.717) is 12.5 Å². The van der Waals surface area contributed by atoms with Crippen LogP contribution in [-0.2, 0) is 4.79 Å². The fraction of sp³-hybridized carbons (Fsp3) is 0.533. The molecule has 0 atom stereocenters. The first-order valence-electron chi connectivity index (χ1n) is 6.77. The summed E-state index contributed by atoms with van der Waals surface area (Å²) in [6, 6.07) is 7.96. The van der Waals surface area contributed by atoms with Gasteiger partial charge in [-0.15, -0.1) is 0 Å². The molecule has 0 fully saturated rings. The van der Waals surface area contributed by atoms with Crippen LogP contribution < -0.4 is 15.5 Å². The summed E-state index contributed by atoms with van der Waals surface area (Å²) in [5.74, 6) is 0.650. The van der Waals surface area contributed by atoms with Gasteiger partial charge in [0.05, 0.1) is 17.9 Å². The molecule has 0 heterocycles. The van der Waals surface area contributed by atoms with Crippen LogP contribution in [0.3, 0.4) is 0 Å². The third-order valence-electron chi connectivity index (χ3n) is 2.87. The van der Waals surface area contributed by atoms with Crippen molar-refractivity contribution in [3.05, 3.63) is 24.3 Å². The van der Waals surface area contributed by atoms with E-state index in [1.54, 1.807) is 0 Å². The maximum atomic E-state index is 11.7. The maximum Gasteiger partial charge on any atom is 0.239 e. The number of rotatable bonds is 7. The third kappa shape index (κ3) is 5.64. The molecule has 0 aliphatic heterocycles. The van der Waals surface area contributed by atoms with Gasteiger partial charge in [0.2, 0.25) is 5.91 Å². The number of para-hydroxylation sites is 2. The van der Waals surface area contributed by atoms with E-state index in [0.717, 1.165) is 24.3 Å². The monoisotopic (exact) mass is 263 g/mol. The summed E-state index contributed by atoms with van der Waals surface area (Å²) in [6.45, 7) is 5.35. The molecule has 0 spiro atoms. The molecule has 1 amide bonds. The number of hydrogen-bond acceptors (Lipinski definition) is 3. The molecule has 1 rings (SSSR count). The predicted octanol–water partition coefficient (Wildman–Crippen LogP) is 2.33. The highest BCUT2D eigenvalue weighted by Crippen LogP contribution is 2.22. The zero-order valence-corrected chi connectivity index (χ0v) is 12.4. The predicted molar refractivity (Wildman–Crippen MR) is 81.7 cm³/mol. The molecule has 106 valence electrons. The minimum absolute atomic E-state index is 0.0363. The van der Waals surface area contributed by atoms with Crippen LogP contribution in [0.4, 0.5) is 11.4 Å². The van der Waals surface area contributed by atoms with Gasteiger partial charge in [0.1, 0.15) is 0 Å². The van der Waals surface area contributed by atoms with E-state index in [1.807, 2.05) is 43.3 Å². The van der Waals surface area contributed by atoms with Gasteiger partial charge < -0.3 is 15.5 Å². The number of carbonyl (C=O) groups excluding carboxylic acids is 1. The average molecular weight is 263 g/mol. The van der Waals surface area contributed by atoms with Crippen molar-refractivity contribution in [3.8, 4) is 0 Å². The number of nitrogens with one attached hydrogen (secondary N) is 2. The number of nitrogens with zero attached hydrogens (tertiary/aromatic N) is 1. The molecule has 0 bridgehead atoms. The molecular formula is C15H25N3O. The second kappa shape index (κ2) is 7.67. The summed E-state index contributed by atoms with van der Waals surface area (Å²) in [7, 11) is 3.98. The minimum Gasteiger partial charge on any atom is -0.376 e. The normalized spacial score (nSPS) is 10.4. The summed E-state index contributed by atoms with van der Waals surface area (Å²) in [4.78, 5) is 13.7. The lowest BCUT2D eigenvalue weighted by Crippen LogP contribution is -2.31. The Labute approximate surface area is 116 Å². The minimum atomic E-state index is 0.0363. The van der Waals surface area contributed by atoms with E-state index in [1.165, 1.54) is 0 Å². The summed E-state index contributed by atoms with van der Waals surface area (Å²) in [5.41, 5.74) is 2.06. The Hall–Kier alpha value is -1.71. The Bertz CT molecular complexity index is 402. The van der Waals surface area contributed by atoms with Crippen molar-refractivity contribution in [2.75, 3.05) is 37.4 Å². The Morgan fingerprint density at radius 3 is 2.58 bits per heavy atom. The molecule has 0 aliphatic rings. The molecule has 4 nitrogen and oxygen atoms in total. The lowest BCUT2D eigenvalue weighted by atomic mass is 10.1. The summed E-state index contributed by atoms with van der Waals surface area (Å²) < 4.78 is 0. The van der Waals surface area contributed by atoms with Crippen LogP contribution in [0, 0.1) is 5.92 Å². The van der Waals surface area contributed by atoms with Gasteiger partial charge >= 0.3 is 0 Å². The van der Waals surface area contributed by atoms with Gasteiger partial charge in [-0.25, -0.2) is 0 Å². The van der Waals surface area contributed by atoms with Gasteiger partial charge in [-0.3, -0.25) is 4.79 Å². The SMILES string of the molecule is CC(C)CCNC(=O)CNc1ccccc1N(C)C. The van der Waals surface area contributed by atoms with Gasteiger partial charge in [-0.1, -0.05) is 26.0 Å². The van der Waals surface area contributed by atoms with Crippen LogP contribution in [0.15, 0.2) is 24.3 Å². The lowest BCUT2D eigenvalue weighted by Gasteiger charge is -2.18. The average Bonchev–Trinajstić information content (AvgIpc) is 2.36. The van der Waals surface area contributed by atoms with Gasteiger partial charge in [0.15, 0.2) is 0 Å². The highest BCUT2D eigenvalue weighted by atomic mass is 16.1. The van der Waals surface area contributed by atoms with Gasteiger partial charge in [0, 0.05) is 20.6 Å². The molecule has 19 heavy (non-hydrogen) atoms. The largest absolute Gasteiger partial charge is 0.376 e. The molecule has 0 aliphatic carbocycles. The van der Waals surface area contributed by atoms with E-state index >= 15 is 0 Å². The number of benzene rings is 1. The smallest absolute Gasteiger partial charge is 0.239 e. The van der Waals surface area contributed by atoms with Crippen molar-refractivity contribution in [3.63, 3.8) is 0 Å². The standard InChI is InChI=1S/C15H25N3O/c1-12(2)9-10-16-15(19)11-17-13-7-5-6-8-14(13)18(3)4/h5-8,12,17H,9-11H2,1-4H3,(H,16,19). The first-order chi connectivity index (χ1) is 9.00. The molecule has 1 aromatic rings. The van der Waals surface area contributed by atoms with Crippen molar-refractivity contribution in [2.24, 2.45) is 5.92 Å². The van der Waals surface area contributed by atoms with Gasteiger partial charge in [-0.05, 0) is 24.5 Å². The number of carbonyl (C=O) groups is 1. The number of amides is 1. The van der Waals surface area contributed by atoms with Crippen LogP contribution in [0.2, 0.25) is 0 Å². The Balaban J connectivity index is 2.42. The topological polar surface area (TPSA) is 44.4 Å². The Morgan fingerprint density at radius 1 is 1.26 bits per heavy atom. The first-order valence-corrected chi connectivity index (χ1v) is 6.77. The molecular weight excluding hydrogens is 238 g/mol. The second-order valence-electron chi connectivity index (χ2n) is 5.30. The van der Waals surface area contributed by atoms with Crippen molar-refractivity contribution in [2.45, 2.75) is 20.3 Å². The van der Waals surface area contributed by atoms with E-state index in [2.05, 4.69) is 24.5 Å². The van der Waals surface area contributed by atoms with Crippen molar-refractivity contribution < 1.29 is 4.79 Å². The summed E-state index contributed by atoms with van der Waals surface area (Å²) >= 11 is 0. The van der Waals surface area contributed by atoms with E-state index in [9.17, 15) is 4.79 Å². The van der Waals surface area contributed by atoms with Crippen LogP contribution >= 0.6 is 0 Å². The van der Waals surface area contributed by atoms with Gasteiger partial charge in [-0.2, -0.15) is 0 Å². The van der Waals surface area contributed by atoms with E-state index in [4.69, 9.17) is 0 Å². The van der Waals surface area contributed by atoms with Crippen molar-refractivity contribution in [1.29, 1.82) is 0 Å². The molecule has 0 radical (unpaired) electrons.